The van der Waals surface area contributed by atoms with Crippen LogP contribution in [0.1, 0.15) is 399 Å². The molecule has 482 valence electrons. The third-order valence-electron chi connectivity index (χ3n) is 17.1. The molecule has 0 bridgehead atoms. The molecule has 0 fully saturated rings. The lowest BCUT2D eigenvalue weighted by Crippen LogP contribution is -2.45. The zero-order valence-electron chi connectivity index (χ0n) is 55.2. The molecule has 0 aliphatic heterocycles. The summed E-state index contributed by atoms with van der Waals surface area (Å²) in [6.45, 7) is 4.92. The summed E-state index contributed by atoms with van der Waals surface area (Å²) < 4.78 is 5.51. The Kier molecular flexibility index (Phi) is 69.4. The Morgan fingerprint density at radius 2 is 0.610 bits per heavy atom. The van der Waals surface area contributed by atoms with Gasteiger partial charge in [-0.1, -0.05) is 345 Å². The number of nitrogens with one attached hydrogen (secondary N) is 1. The maximum Gasteiger partial charge on any atom is 0.305 e. The van der Waals surface area contributed by atoms with Crippen molar-refractivity contribution in [3.05, 3.63) is 48.6 Å². The Labute approximate surface area is 512 Å². The maximum atomic E-state index is 12.5. The fourth-order valence-electron chi connectivity index (χ4n) is 11.4. The molecule has 0 saturated carbocycles. The van der Waals surface area contributed by atoms with Crippen LogP contribution in [-0.2, 0) is 14.3 Å². The van der Waals surface area contributed by atoms with Gasteiger partial charge in [0.25, 0.3) is 0 Å². The number of hydrogen-bond donors (Lipinski definition) is 3. The molecule has 0 aliphatic rings. The van der Waals surface area contributed by atoms with E-state index in [0.29, 0.717) is 19.4 Å². The number of aliphatic hydroxyl groups is 2. The summed E-state index contributed by atoms with van der Waals surface area (Å²) in [5, 5.41) is 23.2. The predicted molar refractivity (Wildman–Crippen MR) is 361 cm³/mol. The minimum absolute atomic E-state index is 0.0128. The van der Waals surface area contributed by atoms with Crippen molar-refractivity contribution >= 4 is 11.9 Å². The standard InChI is InChI=1S/C76H143NO5/c1-3-5-7-9-11-13-15-17-19-20-34-38-42-46-50-54-58-62-66-70-76(81)82-71-67-63-59-55-51-47-43-39-36-33-31-29-27-25-23-21-22-24-26-28-30-32-35-37-41-45-49-53-57-61-65-69-75(80)77-73(72-78)74(79)68-64-60-56-52-48-44-40-18-16-14-12-10-8-6-4-2/h17,19,23,25,29,31,64,68,73-74,78-79H,3-16,18,20-22,24,26-28,30,32-63,65-67,69-72H2,1-2H3,(H,77,80)/b19-17-,25-23-,31-29-,68-64+. The van der Waals surface area contributed by atoms with Crippen LogP contribution in [0.5, 0.6) is 0 Å². The van der Waals surface area contributed by atoms with E-state index in [1.807, 2.05) is 6.08 Å². The third kappa shape index (κ3) is 67.0. The van der Waals surface area contributed by atoms with E-state index in [2.05, 4.69) is 55.6 Å². The van der Waals surface area contributed by atoms with E-state index in [0.717, 1.165) is 51.4 Å². The number of aliphatic hydroxyl groups excluding tert-OH is 2. The summed E-state index contributed by atoms with van der Waals surface area (Å²) in [6.07, 6.45) is 93.5. The van der Waals surface area contributed by atoms with Crippen molar-refractivity contribution in [2.75, 3.05) is 13.2 Å². The third-order valence-corrected chi connectivity index (χ3v) is 17.1. The number of esters is 1. The van der Waals surface area contributed by atoms with Gasteiger partial charge in [0.15, 0.2) is 0 Å². The molecule has 2 unspecified atom stereocenters. The highest BCUT2D eigenvalue weighted by atomic mass is 16.5. The lowest BCUT2D eigenvalue weighted by molar-refractivity contribution is -0.143. The first-order valence-corrected chi connectivity index (χ1v) is 36.9. The van der Waals surface area contributed by atoms with Crippen molar-refractivity contribution in [1.82, 2.24) is 5.32 Å². The summed E-state index contributed by atoms with van der Waals surface area (Å²) >= 11 is 0. The molecule has 6 nitrogen and oxygen atoms in total. The van der Waals surface area contributed by atoms with E-state index < -0.39 is 12.1 Å². The van der Waals surface area contributed by atoms with Gasteiger partial charge in [-0.3, -0.25) is 9.59 Å². The Morgan fingerprint density at radius 1 is 0.341 bits per heavy atom. The molecule has 2 atom stereocenters. The quantitative estimate of drug-likeness (QED) is 0.0320. The minimum atomic E-state index is -0.844. The average Bonchev–Trinajstić information content (AvgIpc) is 3.48. The van der Waals surface area contributed by atoms with Gasteiger partial charge in [0, 0.05) is 12.8 Å². The molecule has 1 amide bonds. The fourth-order valence-corrected chi connectivity index (χ4v) is 11.4. The molecule has 0 spiro atoms. The van der Waals surface area contributed by atoms with Crippen LogP contribution >= 0.6 is 0 Å². The lowest BCUT2D eigenvalue weighted by Gasteiger charge is -2.20. The highest BCUT2D eigenvalue weighted by Gasteiger charge is 2.18. The van der Waals surface area contributed by atoms with Crippen LogP contribution in [0.25, 0.3) is 0 Å². The van der Waals surface area contributed by atoms with Crippen LogP contribution in [-0.4, -0.2) is 47.4 Å². The molecular weight excluding hydrogens is 1010 g/mol. The summed E-state index contributed by atoms with van der Waals surface area (Å²) in [4.78, 5) is 24.6. The second-order valence-electron chi connectivity index (χ2n) is 25.3. The summed E-state index contributed by atoms with van der Waals surface area (Å²) in [6, 6.07) is -0.628. The minimum Gasteiger partial charge on any atom is -0.466 e. The molecule has 0 aliphatic carbocycles. The van der Waals surface area contributed by atoms with Crippen molar-refractivity contribution in [2.45, 2.75) is 411 Å². The Morgan fingerprint density at radius 3 is 0.939 bits per heavy atom. The van der Waals surface area contributed by atoms with Gasteiger partial charge in [0.05, 0.1) is 25.4 Å². The first-order chi connectivity index (χ1) is 40.5. The second-order valence-corrected chi connectivity index (χ2v) is 25.3. The maximum absolute atomic E-state index is 12.5. The number of allylic oxidation sites excluding steroid dienone is 7. The van der Waals surface area contributed by atoms with E-state index in [4.69, 9.17) is 4.74 Å². The molecule has 82 heavy (non-hydrogen) atoms. The predicted octanol–water partition coefficient (Wildman–Crippen LogP) is 24.0. The molecule has 3 N–H and O–H groups in total. The van der Waals surface area contributed by atoms with E-state index in [-0.39, 0.29) is 18.5 Å². The van der Waals surface area contributed by atoms with Crippen LogP contribution in [0, 0.1) is 0 Å². The SMILES string of the molecule is CCCCCCCC/C=C\CCCCCCCCCCCC(=O)OCCCCCCCCCCC/C=C\C/C=C\CCCCCCCCCCCCCCCCCC(=O)NC(CO)C(O)/C=C/CCCCCCCCCCCCCCC. The van der Waals surface area contributed by atoms with E-state index in [1.54, 1.807) is 6.08 Å². The zero-order valence-corrected chi connectivity index (χ0v) is 55.2. The van der Waals surface area contributed by atoms with Gasteiger partial charge < -0.3 is 20.3 Å². The monoisotopic (exact) mass is 1150 g/mol. The molecule has 0 rings (SSSR count). The second kappa shape index (κ2) is 71.3. The van der Waals surface area contributed by atoms with Crippen LogP contribution in [0.3, 0.4) is 0 Å². The molecule has 0 aromatic rings. The van der Waals surface area contributed by atoms with Crippen molar-refractivity contribution in [2.24, 2.45) is 0 Å². The van der Waals surface area contributed by atoms with Crippen molar-refractivity contribution in [3.8, 4) is 0 Å². The van der Waals surface area contributed by atoms with E-state index >= 15 is 0 Å². The number of amides is 1. The van der Waals surface area contributed by atoms with Gasteiger partial charge in [-0.05, 0) is 89.9 Å². The van der Waals surface area contributed by atoms with Gasteiger partial charge in [-0.2, -0.15) is 0 Å². The van der Waals surface area contributed by atoms with Gasteiger partial charge in [-0.15, -0.1) is 0 Å². The first kappa shape index (κ1) is 79.8. The number of hydrogen-bond acceptors (Lipinski definition) is 5. The summed E-state index contributed by atoms with van der Waals surface area (Å²) in [5.41, 5.74) is 0. The van der Waals surface area contributed by atoms with Crippen molar-refractivity contribution < 1.29 is 24.5 Å². The van der Waals surface area contributed by atoms with Gasteiger partial charge in [-0.25, -0.2) is 0 Å². The molecule has 0 aromatic carbocycles. The van der Waals surface area contributed by atoms with E-state index in [1.165, 1.54) is 321 Å². The Balaban J connectivity index is 3.39. The molecule has 0 radical (unpaired) electrons. The van der Waals surface area contributed by atoms with Crippen LogP contribution in [0.15, 0.2) is 48.6 Å². The summed E-state index contributed by atoms with van der Waals surface area (Å²) in [7, 11) is 0. The average molecular weight is 1150 g/mol. The number of ether oxygens (including phenoxy) is 1. The van der Waals surface area contributed by atoms with Crippen molar-refractivity contribution in [3.63, 3.8) is 0 Å². The summed E-state index contributed by atoms with van der Waals surface area (Å²) in [5.74, 6) is -0.0528. The molecule has 0 saturated heterocycles. The van der Waals surface area contributed by atoms with E-state index in [9.17, 15) is 19.8 Å². The Bertz CT molecular complexity index is 1370. The number of carbonyl (C=O) groups excluding carboxylic acids is 2. The molecule has 6 heteroatoms. The number of rotatable bonds is 69. The molecular formula is C76H143NO5. The lowest BCUT2D eigenvalue weighted by atomic mass is 10.0. The number of carbonyl (C=O) groups is 2. The largest absolute Gasteiger partial charge is 0.466 e. The zero-order chi connectivity index (χ0) is 59.2. The molecule has 0 aromatic heterocycles. The highest BCUT2D eigenvalue weighted by Crippen LogP contribution is 2.18. The van der Waals surface area contributed by atoms with Gasteiger partial charge in [0.2, 0.25) is 5.91 Å². The highest BCUT2D eigenvalue weighted by molar-refractivity contribution is 5.76. The van der Waals surface area contributed by atoms with Crippen LogP contribution < -0.4 is 5.32 Å². The number of unbranched alkanes of at least 4 members (excludes halogenated alkanes) is 52. The molecule has 0 heterocycles. The smallest absolute Gasteiger partial charge is 0.305 e. The van der Waals surface area contributed by atoms with Crippen molar-refractivity contribution in [1.29, 1.82) is 0 Å². The normalized spacial score (nSPS) is 12.8. The van der Waals surface area contributed by atoms with Gasteiger partial charge >= 0.3 is 5.97 Å². The van der Waals surface area contributed by atoms with Gasteiger partial charge in [0.1, 0.15) is 0 Å². The first-order valence-electron chi connectivity index (χ1n) is 36.9. The fraction of sp³-hybridized carbons (Fsp3) is 0.868. The topological polar surface area (TPSA) is 95.9 Å². The van der Waals surface area contributed by atoms with Crippen LogP contribution in [0.4, 0.5) is 0 Å². The Hall–Kier alpha value is -2.18. The van der Waals surface area contributed by atoms with Crippen LogP contribution in [0.2, 0.25) is 0 Å².